The lowest BCUT2D eigenvalue weighted by molar-refractivity contribution is -0.193. The summed E-state index contributed by atoms with van der Waals surface area (Å²) in [5.74, 6) is -3.50. The summed E-state index contributed by atoms with van der Waals surface area (Å²) in [4.78, 5) is 24.6. The number of carboxylic acid groups (broad SMARTS) is 2. The number of carboxylic acids is 2. The van der Waals surface area contributed by atoms with Crippen LogP contribution in [0.5, 0.6) is 5.88 Å². The summed E-state index contributed by atoms with van der Waals surface area (Å²) in [5, 5.41) is 14.2. The number of alkyl halides is 6. The maximum Gasteiger partial charge on any atom is 0.490 e. The highest BCUT2D eigenvalue weighted by molar-refractivity contribution is 5.73. The van der Waals surface area contributed by atoms with E-state index in [0.29, 0.717) is 24.0 Å². The van der Waals surface area contributed by atoms with Crippen LogP contribution in [-0.2, 0) is 19.1 Å². The van der Waals surface area contributed by atoms with E-state index in [9.17, 15) is 26.3 Å². The molecule has 0 amide bonds. The van der Waals surface area contributed by atoms with Gasteiger partial charge in [-0.2, -0.15) is 26.3 Å². The molecule has 1 aromatic heterocycles. The number of fused-ring (bicyclic) bond motifs is 1. The number of aromatic nitrogens is 1. The summed E-state index contributed by atoms with van der Waals surface area (Å²) >= 11 is 0. The molecule has 15 heteroatoms. The average Bonchev–Trinajstić information content (AvgIpc) is 3.42. The van der Waals surface area contributed by atoms with E-state index in [1.807, 2.05) is 18.2 Å². The molecule has 1 aromatic rings. The van der Waals surface area contributed by atoms with Crippen molar-refractivity contribution < 1.29 is 60.4 Å². The molecule has 37 heavy (non-hydrogen) atoms. The Bertz CT molecular complexity index is 826. The van der Waals surface area contributed by atoms with E-state index in [4.69, 9.17) is 34.0 Å². The molecule has 0 aliphatic carbocycles. The van der Waals surface area contributed by atoms with Gasteiger partial charge >= 0.3 is 24.3 Å². The first-order chi connectivity index (χ1) is 17.3. The summed E-state index contributed by atoms with van der Waals surface area (Å²) < 4.78 is 80.8. The molecule has 0 bridgehead atoms. The van der Waals surface area contributed by atoms with Gasteiger partial charge in [-0.25, -0.2) is 14.6 Å². The van der Waals surface area contributed by atoms with E-state index >= 15 is 0 Å². The molecule has 0 saturated carbocycles. The van der Waals surface area contributed by atoms with Crippen molar-refractivity contribution in [3.63, 3.8) is 0 Å². The molecular weight excluding hydrogens is 518 g/mol. The number of rotatable bonds is 5. The van der Waals surface area contributed by atoms with Crippen molar-refractivity contribution >= 4 is 11.9 Å². The Morgan fingerprint density at radius 3 is 2.14 bits per heavy atom. The number of carbonyl (C=O) groups is 2. The fourth-order valence-electron chi connectivity index (χ4n) is 4.22. The second-order valence-electron chi connectivity index (χ2n) is 8.50. The molecule has 0 radical (unpaired) electrons. The molecule has 0 spiro atoms. The molecule has 3 aliphatic rings. The molecule has 2 N–H and O–H groups in total. The standard InChI is InChI=1S/C18H26N2O3.2C2HF3O2/c1-2-7-19-18(3-1)22-10-4-14-13-23-17-12-20(11-16(14)17)15-5-8-21-9-6-15;2*3-2(4,5)1(6)7/h1-3,7,14-17H,4-6,8-13H2;2*(H,6,7)/t14-,16-,17-;;/m0../s1. The first-order valence-electron chi connectivity index (χ1n) is 11.4. The van der Waals surface area contributed by atoms with Crippen molar-refractivity contribution in [2.45, 2.75) is 43.8 Å². The molecule has 3 aliphatic heterocycles. The van der Waals surface area contributed by atoms with E-state index in [-0.39, 0.29) is 0 Å². The molecule has 0 unspecified atom stereocenters. The highest BCUT2D eigenvalue weighted by atomic mass is 19.4. The number of hydrogen-bond donors (Lipinski definition) is 2. The SMILES string of the molecule is O=C(O)C(F)(F)F.O=C(O)C(F)(F)F.c1ccc(OCC[C@H]2CO[C@H]3CN(C4CCOCC4)C[C@@H]23)nc1. The van der Waals surface area contributed by atoms with Crippen molar-refractivity contribution in [2.75, 3.05) is 39.5 Å². The summed E-state index contributed by atoms with van der Waals surface area (Å²) in [5.41, 5.74) is 0. The normalized spacial score (nSPS) is 24.2. The Morgan fingerprint density at radius 1 is 1.03 bits per heavy atom. The Balaban J connectivity index is 0.000000286. The van der Waals surface area contributed by atoms with Crippen molar-refractivity contribution in [3.05, 3.63) is 24.4 Å². The highest BCUT2D eigenvalue weighted by Gasteiger charge is 2.45. The minimum atomic E-state index is -5.08. The van der Waals surface area contributed by atoms with Crippen LogP contribution in [0.3, 0.4) is 0 Å². The number of likely N-dealkylation sites (tertiary alicyclic amines) is 1. The van der Waals surface area contributed by atoms with Crippen LogP contribution in [0.4, 0.5) is 26.3 Å². The Labute approximate surface area is 208 Å². The highest BCUT2D eigenvalue weighted by Crippen LogP contribution is 2.37. The fourth-order valence-corrected chi connectivity index (χ4v) is 4.22. The van der Waals surface area contributed by atoms with Gasteiger partial charge in [-0.05, 0) is 31.2 Å². The molecule has 3 saturated heterocycles. The zero-order chi connectivity index (χ0) is 27.6. The van der Waals surface area contributed by atoms with Crippen molar-refractivity contribution in [3.8, 4) is 5.88 Å². The number of nitrogens with zero attached hydrogens (tertiary/aromatic N) is 2. The second-order valence-corrected chi connectivity index (χ2v) is 8.50. The number of aliphatic carboxylic acids is 2. The maximum absolute atomic E-state index is 10.6. The van der Waals surface area contributed by atoms with Gasteiger partial charge in [-0.1, -0.05) is 6.07 Å². The minimum Gasteiger partial charge on any atom is -0.478 e. The van der Waals surface area contributed by atoms with Gasteiger partial charge in [-0.3, -0.25) is 4.90 Å². The molecule has 210 valence electrons. The monoisotopic (exact) mass is 546 g/mol. The van der Waals surface area contributed by atoms with Gasteiger partial charge in [0.1, 0.15) is 0 Å². The Kier molecular flexibility index (Phi) is 11.4. The van der Waals surface area contributed by atoms with E-state index in [1.54, 1.807) is 6.20 Å². The first-order valence-corrected chi connectivity index (χ1v) is 11.4. The zero-order valence-corrected chi connectivity index (χ0v) is 19.6. The Morgan fingerprint density at radius 2 is 1.62 bits per heavy atom. The van der Waals surface area contributed by atoms with Gasteiger partial charge in [0, 0.05) is 50.5 Å². The van der Waals surface area contributed by atoms with Gasteiger partial charge < -0.3 is 24.4 Å². The van der Waals surface area contributed by atoms with Crippen molar-refractivity contribution in [1.29, 1.82) is 0 Å². The molecular formula is C22H28F6N2O7. The van der Waals surface area contributed by atoms with Crippen LogP contribution in [0.15, 0.2) is 24.4 Å². The van der Waals surface area contributed by atoms with Crippen molar-refractivity contribution in [1.82, 2.24) is 9.88 Å². The lowest BCUT2D eigenvalue weighted by Gasteiger charge is -2.31. The van der Waals surface area contributed by atoms with Gasteiger partial charge in [0.05, 0.1) is 19.3 Å². The predicted octanol–water partition coefficient (Wildman–Crippen LogP) is 3.24. The van der Waals surface area contributed by atoms with E-state index in [0.717, 1.165) is 45.3 Å². The third kappa shape index (κ3) is 10.3. The lowest BCUT2D eigenvalue weighted by atomic mass is 9.91. The van der Waals surface area contributed by atoms with E-state index in [1.165, 1.54) is 19.4 Å². The fraction of sp³-hybridized carbons (Fsp3) is 0.682. The van der Waals surface area contributed by atoms with Crippen LogP contribution in [0, 0.1) is 11.8 Å². The number of ether oxygens (including phenoxy) is 3. The largest absolute Gasteiger partial charge is 0.490 e. The maximum atomic E-state index is 10.6. The summed E-state index contributed by atoms with van der Waals surface area (Å²) in [6, 6.07) is 6.48. The summed E-state index contributed by atoms with van der Waals surface area (Å²) in [6.07, 6.45) is -4.57. The predicted molar refractivity (Wildman–Crippen MR) is 114 cm³/mol. The third-order valence-corrected chi connectivity index (χ3v) is 6.04. The quantitative estimate of drug-likeness (QED) is 0.537. The van der Waals surface area contributed by atoms with Crippen LogP contribution < -0.4 is 4.74 Å². The molecule has 9 nitrogen and oxygen atoms in total. The van der Waals surface area contributed by atoms with Crippen LogP contribution in [0.1, 0.15) is 19.3 Å². The Hall–Kier alpha value is -2.65. The van der Waals surface area contributed by atoms with Gasteiger partial charge in [-0.15, -0.1) is 0 Å². The minimum absolute atomic E-state index is 0.428. The van der Waals surface area contributed by atoms with Crippen LogP contribution in [0.2, 0.25) is 0 Å². The summed E-state index contributed by atoms with van der Waals surface area (Å²) in [7, 11) is 0. The lowest BCUT2D eigenvalue weighted by Crippen LogP contribution is -2.39. The average molecular weight is 546 g/mol. The number of halogens is 6. The molecule has 0 aromatic carbocycles. The molecule has 4 rings (SSSR count). The van der Waals surface area contributed by atoms with Gasteiger partial charge in [0.2, 0.25) is 5.88 Å². The van der Waals surface area contributed by atoms with E-state index in [2.05, 4.69) is 9.88 Å². The van der Waals surface area contributed by atoms with Crippen LogP contribution >= 0.6 is 0 Å². The van der Waals surface area contributed by atoms with Gasteiger partial charge in [0.15, 0.2) is 0 Å². The zero-order valence-electron chi connectivity index (χ0n) is 19.6. The third-order valence-electron chi connectivity index (χ3n) is 6.04. The summed E-state index contributed by atoms with van der Waals surface area (Å²) in [6.45, 7) is 5.74. The molecule has 3 fully saturated rings. The smallest absolute Gasteiger partial charge is 0.478 e. The topological polar surface area (TPSA) is 118 Å². The number of hydrogen-bond acceptors (Lipinski definition) is 7. The first kappa shape index (κ1) is 30.6. The van der Waals surface area contributed by atoms with Gasteiger partial charge in [0.25, 0.3) is 0 Å². The number of pyridine rings is 1. The van der Waals surface area contributed by atoms with Crippen LogP contribution in [0.25, 0.3) is 0 Å². The van der Waals surface area contributed by atoms with Crippen LogP contribution in [-0.4, -0.2) is 96.1 Å². The molecule has 3 atom stereocenters. The molecule has 4 heterocycles. The van der Waals surface area contributed by atoms with E-state index < -0.39 is 24.3 Å². The second kappa shape index (κ2) is 13.8. The van der Waals surface area contributed by atoms with Crippen molar-refractivity contribution in [2.24, 2.45) is 11.8 Å².